The Morgan fingerprint density at radius 2 is 1.00 bits per heavy atom. The van der Waals surface area contributed by atoms with Crippen LogP contribution in [0.3, 0.4) is 0 Å². The van der Waals surface area contributed by atoms with E-state index in [9.17, 15) is 9.59 Å². The second-order valence-corrected chi connectivity index (χ2v) is 8.84. The minimum absolute atomic E-state index is 0.123. The van der Waals surface area contributed by atoms with E-state index < -0.39 is 0 Å². The average Bonchev–Trinajstić information content (AvgIpc) is 2.74. The Balaban J connectivity index is 3.28. The van der Waals surface area contributed by atoms with Gasteiger partial charge in [-0.25, -0.2) is 0 Å². The van der Waals surface area contributed by atoms with Crippen LogP contribution in [0.4, 0.5) is 0 Å². The van der Waals surface area contributed by atoms with Crippen molar-refractivity contribution < 1.29 is 19.1 Å². The first-order valence-corrected chi connectivity index (χ1v) is 12.9. The number of esters is 2. The van der Waals surface area contributed by atoms with Crippen molar-refractivity contribution in [2.24, 2.45) is 5.92 Å². The van der Waals surface area contributed by atoms with E-state index in [1.807, 2.05) is 0 Å². The van der Waals surface area contributed by atoms with Crippen LogP contribution >= 0.6 is 0 Å². The van der Waals surface area contributed by atoms with Gasteiger partial charge < -0.3 is 9.47 Å². The Bertz CT molecular complexity index is 394. The second-order valence-electron chi connectivity index (χ2n) is 8.84. The van der Waals surface area contributed by atoms with Crippen molar-refractivity contribution in [2.75, 3.05) is 13.2 Å². The first-order chi connectivity index (χ1) is 14.6. The summed E-state index contributed by atoms with van der Waals surface area (Å²) >= 11 is 0. The van der Waals surface area contributed by atoms with Gasteiger partial charge in [-0.2, -0.15) is 0 Å². The van der Waals surface area contributed by atoms with E-state index in [0.717, 1.165) is 25.7 Å². The van der Waals surface area contributed by atoms with Gasteiger partial charge in [0.15, 0.2) is 0 Å². The van der Waals surface area contributed by atoms with Gasteiger partial charge >= 0.3 is 11.9 Å². The zero-order valence-electron chi connectivity index (χ0n) is 20.4. The number of rotatable bonds is 22. The van der Waals surface area contributed by atoms with E-state index in [1.54, 1.807) is 0 Å². The molecule has 0 rings (SSSR count). The second kappa shape index (κ2) is 22.6. The smallest absolute Gasteiger partial charge is 0.306 e. The topological polar surface area (TPSA) is 52.6 Å². The third-order valence-electron chi connectivity index (χ3n) is 5.86. The molecule has 4 nitrogen and oxygen atoms in total. The highest BCUT2D eigenvalue weighted by Gasteiger charge is 2.09. The molecule has 0 fully saturated rings. The predicted molar refractivity (Wildman–Crippen MR) is 126 cm³/mol. The largest absolute Gasteiger partial charge is 0.466 e. The monoisotopic (exact) mass is 426 g/mol. The molecule has 0 aliphatic carbocycles. The summed E-state index contributed by atoms with van der Waals surface area (Å²) in [7, 11) is 0. The van der Waals surface area contributed by atoms with E-state index >= 15 is 0 Å². The van der Waals surface area contributed by atoms with Gasteiger partial charge in [-0.3, -0.25) is 9.59 Å². The third-order valence-corrected chi connectivity index (χ3v) is 5.86. The van der Waals surface area contributed by atoms with Crippen LogP contribution < -0.4 is 0 Å². The fraction of sp³-hybridized carbons (Fsp3) is 0.923. The molecule has 1 unspecified atom stereocenters. The fourth-order valence-corrected chi connectivity index (χ4v) is 3.41. The highest BCUT2D eigenvalue weighted by molar-refractivity contribution is 5.77. The Hall–Kier alpha value is -1.06. The van der Waals surface area contributed by atoms with Crippen LogP contribution in [0.2, 0.25) is 0 Å². The molecule has 30 heavy (non-hydrogen) atoms. The van der Waals surface area contributed by atoms with Crippen molar-refractivity contribution in [2.45, 2.75) is 136 Å². The highest BCUT2D eigenvalue weighted by Crippen LogP contribution is 2.13. The van der Waals surface area contributed by atoms with Gasteiger partial charge in [-0.1, -0.05) is 111 Å². The molecular weight excluding hydrogens is 376 g/mol. The molecule has 0 aliphatic rings. The molecule has 0 amide bonds. The van der Waals surface area contributed by atoms with Gasteiger partial charge in [-0.15, -0.1) is 0 Å². The van der Waals surface area contributed by atoms with Crippen LogP contribution in [-0.2, 0) is 19.1 Å². The van der Waals surface area contributed by atoms with E-state index in [0.29, 0.717) is 19.1 Å². The van der Waals surface area contributed by atoms with Crippen molar-refractivity contribution >= 4 is 11.9 Å². The van der Waals surface area contributed by atoms with Crippen LogP contribution in [0.15, 0.2) is 0 Å². The maximum Gasteiger partial charge on any atom is 0.306 e. The van der Waals surface area contributed by atoms with Crippen LogP contribution in [0.1, 0.15) is 136 Å². The van der Waals surface area contributed by atoms with E-state index in [4.69, 9.17) is 9.47 Å². The summed E-state index contributed by atoms with van der Waals surface area (Å²) in [4.78, 5) is 23.3. The molecule has 0 radical (unpaired) electrons. The number of hydrogen-bond acceptors (Lipinski definition) is 4. The Labute approximate surface area is 186 Å². The van der Waals surface area contributed by atoms with Crippen molar-refractivity contribution in [1.29, 1.82) is 0 Å². The lowest BCUT2D eigenvalue weighted by molar-refractivity contribution is -0.150. The molecule has 0 N–H and O–H groups in total. The summed E-state index contributed by atoms with van der Waals surface area (Å²) in [5, 5.41) is 0. The molecule has 178 valence electrons. The Morgan fingerprint density at radius 1 is 0.600 bits per heavy atom. The maximum absolute atomic E-state index is 11.7. The van der Waals surface area contributed by atoms with Gasteiger partial charge in [0.2, 0.25) is 0 Å². The van der Waals surface area contributed by atoms with Gasteiger partial charge in [0, 0.05) is 0 Å². The quantitative estimate of drug-likeness (QED) is 0.131. The van der Waals surface area contributed by atoms with Gasteiger partial charge in [0.05, 0.1) is 26.1 Å². The summed E-state index contributed by atoms with van der Waals surface area (Å²) < 4.78 is 10.4. The Morgan fingerprint density at radius 3 is 1.43 bits per heavy atom. The van der Waals surface area contributed by atoms with Crippen molar-refractivity contribution in [3.05, 3.63) is 0 Å². The molecule has 0 aromatic heterocycles. The SMILES string of the molecule is CCCCCCCCCCCCCCCCOC(=O)CCC(=O)OCCC(C)CC. The van der Waals surface area contributed by atoms with E-state index in [2.05, 4.69) is 20.8 Å². The molecule has 0 bridgehead atoms. The molecular formula is C26H50O4. The minimum atomic E-state index is -0.299. The standard InChI is InChI=1S/C26H50O4/c1-4-6-7-8-9-10-11-12-13-14-15-16-17-18-22-29-25(27)19-20-26(28)30-23-21-24(3)5-2/h24H,4-23H2,1-3H3. The lowest BCUT2D eigenvalue weighted by atomic mass is 10.0. The zero-order valence-corrected chi connectivity index (χ0v) is 20.4. The molecule has 0 aromatic rings. The number of hydrogen-bond donors (Lipinski definition) is 0. The number of carbonyl (C=O) groups is 2. The van der Waals surface area contributed by atoms with E-state index in [-0.39, 0.29) is 24.8 Å². The third kappa shape index (κ3) is 21.6. The molecule has 0 aliphatic heterocycles. The Kier molecular flexibility index (Phi) is 21.8. The van der Waals surface area contributed by atoms with Crippen molar-refractivity contribution in [1.82, 2.24) is 0 Å². The molecule has 1 atom stereocenters. The summed E-state index contributed by atoms with van der Waals surface area (Å²) in [6.45, 7) is 7.45. The number of ether oxygens (including phenoxy) is 2. The summed E-state index contributed by atoms with van der Waals surface area (Å²) in [6.07, 6.45) is 20.6. The molecule has 0 spiro atoms. The lowest BCUT2D eigenvalue weighted by Crippen LogP contribution is -2.12. The van der Waals surface area contributed by atoms with Gasteiger partial charge in [-0.05, 0) is 18.8 Å². The van der Waals surface area contributed by atoms with Crippen LogP contribution in [0, 0.1) is 5.92 Å². The molecule has 0 saturated heterocycles. The van der Waals surface area contributed by atoms with Crippen LogP contribution in [0.25, 0.3) is 0 Å². The van der Waals surface area contributed by atoms with Gasteiger partial charge in [0.25, 0.3) is 0 Å². The van der Waals surface area contributed by atoms with Crippen LogP contribution in [-0.4, -0.2) is 25.2 Å². The molecule has 0 heterocycles. The molecule has 4 heteroatoms. The molecule has 0 saturated carbocycles. The van der Waals surface area contributed by atoms with Gasteiger partial charge in [0.1, 0.15) is 0 Å². The first kappa shape index (κ1) is 28.9. The van der Waals surface area contributed by atoms with Crippen molar-refractivity contribution in [3.63, 3.8) is 0 Å². The van der Waals surface area contributed by atoms with Crippen molar-refractivity contribution in [3.8, 4) is 0 Å². The maximum atomic E-state index is 11.7. The summed E-state index contributed by atoms with van der Waals surface area (Å²) in [6, 6.07) is 0. The van der Waals surface area contributed by atoms with E-state index in [1.165, 1.54) is 77.0 Å². The average molecular weight is 427 g/mol. The normalized spacial score (nSPS) is 12.0. The zero-order chi connectivity index (χ0) is 22.3. The summed E-state index contributed by atoms with van der Waals surface area (Å²) in [5.74, 6) is -0.0248. The fourth-order valence-electron chi connectivity index (χ4n) is 3.41. The first-order valence-electron chi connectivity index (χ1n) is 12.9. The predicted octanol–water partition coefficient (Wildman–Crippen LogP) is 7.77. The number of unbranched alkanes of at least 4 members (excludes halogenated alkanes) is 13. The van der Waals surface area contributed by atoms with Crippen LogP contribution in [0.5, 0.6) is 0 Å². The lowest BCUT2D eigenvalue weighted by Gasteiger charge is -2.09. The highest BCUT2D eigenvalue weighted by atomic mass is 16.5. The summed E-state index contributed by atoms with van der Waals surface area (Å²) in [5.41, 5.74) is 0. The number of carbonyl (C=O) groups excluding carboxylic acids is 2. The molecule has 0 aromatic carbocycles. The minimum Gasteiger partial charge on any atom is -0.466 e.